The lowest BCUT2D eigenvalue weighted by atomic mass is 9.86. The summed E-state index contributed by atoms with van der Waals surface area (Å²) in [6.07, 6.45) is 0.728. The fourth-order valence-electron chi connectivity index (χ4n) is 3.50. The number of nitrogens with zero attached hydrogens (tertiary/aromatic N) is 3. The van der Waals surface area contributed by atoms with Gasteiger partial charge in [-0.2, -0.15) is 15.8 Å². The van der Waals surface area contributed by atoms with Crippen LogP contribution < -0.4 is 0 Å². The molecule has 0 saturated heterocycles. The quantitative estimate of drug-likeness (QED) is 0.244. The molecular weight excluding hydrogens is 482 g/mol. The number of nitriles is 3. The van der Waals surface area contributed by atoms with Crippen LogP contribution in [0.4, 0.5) is 35.1 Å². The number of hydrogen-bond donors (Lipinski definition) is 0. The summed E-state index contributed by atoms with van der Waals surface area (Å²) < 4.78 is 118. The van der Waals surface area contributed by atoms with Gasteiger partial charge in [-0.25, -0.2) is 35.1 Å². The number of hydrogen-bond acceptors (Lipinski definition) is 3. The molecule has 0 atom stereocenters. The number of allylic oxidation sites excluding steroid dienone is 4. The molecule has 11 heteroatoms. The average Bonchev–Trinajstić information content (AvgIpc) is 2.84. The van der Waals surface area contributed by atoms with Crippen molar-refractivity contribution in [3.05, 3.63) is 80.9 Å². The second-order valence-corrected chi connectivity index (χ2v) is 6.96. The van der Waals surface area contributed by atoms with Crippen LogP contribution in [0.1, 0.15) is 54.9 Å². The van der Waals surface area contributed by atoms with Crippen LogP contribution in [0.5, 0.6) is 0 Å². The van der Waals surface area contributed by atoms with Gasteiger partial charge in [-0.1, -0.05) is 13.8 Å². The van der Waals surface area contributed by atoms with Gasteiger partial charge in [-0.05, 0) is 24.0 Å². The van der Waals surface area contributed by atoms with Crippen molar-refractivity contribution in [3.8, 4) is 18.2 Å². The molecule has 2 aromatic rings. The van der Waals surface area contributed by atoms with Crippen LogP contribution in [-0.2, 0) is 0 Å². The fourth-order valence-corrected chi connectivity index (χ4v) is 3.50. The van der Waals surface area contributed by atoms with Gasteiger partial charge >= 0.3 is 0 Å². The minimum atomic E-state index is -2.86. The van der Waals surface area contributed by atoms with Crippen molar-refractivity contribution in [1.29, 1.82) is 15.8 Å². The SMILES string of the molecule is CCC(=CC#N)c1c(F)c(F)c(C(C#N)c2c(F)c(F)c(C(=CC#N)CC)c(F)c2F)c(F)c1F. The van der Waals surface area contributed by atoms with Gasteiger partial charge in [0.25, 0.3) is 0 Å². The summed E-state index contributed by atoms with van der Waals surface area (Å²) in [5.41, 5.74) is -7.15. The fraction of sp³-hybridized carbons (Fsp3) is 0.208. The van der Waals surface area contributed by atoms with Crippen molar-refractivity contribution in [2.45, 2.75) is 32.6 Å². The number of benzene rings is 2. The highest BCUT2D eigenvalue weighted by Crippen LogP contribution is 2.40. The molecule has 0 bridgehead atoms. The third kappa shape index (κ3) is 4.48. The van der Waals surface area contributed by atoms with Gasteiger partial charge in [-0.15, -0.1) is 0 Å². The highest BCUT2D eigenvalue weighted by Gasteiger charge is 2.37. The van der Waals surface area contributed by atoms with E-state index in [1.807, 2.05) is 0 Å². The van der Waals surface area contributed by atoms with Crippen molar-refractivity contribution in [3.63, 3.8) is 0 Å². The highest BCUT2D eigenvalue weighted by atomic mass is 19.2. The standard InChI is InChI=1S/C24H13F8N3/c1-3-10(5-7-33)13-17(25)21(29)15(22(30)18(13)26)12(9-35)16-23(31)19(27)14(20(28)24(16)32)11(4-2)6-8-34/h5-6,12H,3-4H2,1-2H3. The van der Waals surface area contributed by atoms with Crippen molar-refractivity contribution in [2.24, 2.45) is 0 Å². The van der Waals surface area contributed by atoms with Gasteiger partial charge in [0.2, 0.25) is 0 Å². The first kappa shape index (κ1) is 27.1. The molecule has 0 fully saturated rings. The van der Waals surface area contributed by atoms with Crippen molar-refractivity contribution in [2.75, 3.05) is 0 Å². The Labute approximate surface area is 194 Å². The van der Waals surface area contributed by atoms with E-state index in [9.17, 15) is 40.4 Å². The molecule has 0 radical (unpaired) electrons. The van der Waals surface area contributed by atoms with Gasteiger partial charge in [-0.3, -0.25) is 0 Å². The molecule has 35 heavy (non-hydrogen) atoms. The summed E-state index contributed by atoms with van der Waals surface area (Å²) >= 11 is 0. The van der Waals surface area contributed by atoms with E-state index in [4.69, 9.17) is 10.5 Å². The lowest BCUT2D eigenvalue weighted by Gasteiger charge is -2.19. The largest absolute Gasteiger partial charge is 0.203 e. The Kier molecular flexibility index (Phi) is 8.38. The van der Waals surface area contributed by atoms with Crippen LogP contribution in [-0.4, -0.2) is 0 Å². The maximum atomic E-state index is 14.9. The van der Waals surface area contributed by atoms with Crippen LogP contribution >= 0.6 is 0 Å². The minimum absolute atomic E-state index is 0.252. The van der Waals surface area contributed by atoms with Gasteiger partial charge in [0.05, 0.1) is 40.5 Å². The summed E-state index contributed by atoms with van der Waals surface area (Å²) in [5.74, 6) is -20.2. The van der Waals surface area contributed by atoms with Crippen molar-refractivity contribution in [1.82, 2.24) is 0 Å². The summed E-state index contributed by atoms with van der Waals surface area (Å²) in [6.45, 7) is 2.63. The van der Waals surface area contributed by atoms with Crippen LogP contribution in [0.3, 0.4) is 0 Å². The van der Waals surface area contributed by atoms with E-state index >= 15 is 0 Å². The van der Waals surface area contributed by atoms with E-state index in [0.29, 0.717) is 12.2 Å². The monoisotopic (exact) mass is 495 g/mol. The first-order valence-corrected chi connectivity index (χ1v) is 9.82. The van der Waals surface area contributed by atoms with Gasteiger partial charge < -0.3 is 0 Å². The first-order valence-electron chi connectivity index (χ1n) is 9.82. The Morgan fingerprint density at radius 3 is 1.09 bits per heavy atom. The molecule has 2 rings (SSSR count). The lowest BCUT2D eigenvalue weighted by molar-refractivity contribution is 0.417. The molecule has 180 valence electrons. The van der Waals surface area contributed by atoms with Crippen LogP contribution in [0.2, 0.25) is 0 Å². The van der Waals surface area contributed by atoms with Crippen LogP contribution in [0, 0.1) is 80.5 Å². The third-order valence-electron chi connectivity index (χ3n) is 5.18. The molecule has 0 aliphatic rings. The van der Waals surface area contributed by atoms with Crippen molar-refractivity contribution >= 4 is 11.1 Å². The predicted molar refractivity (Wildman–Crippen MR) is 108 cm³/mol. The van der Waals surface area contributed by atoms with E-state index in [-0.39, 0.29) is 12.8 Å². The Bertz CT molecular complexity index is 1230. The second kappa shape index (κ2) is 10.8. The number of halogens is 8. The summed E-state index contributed by atoms with van der Waals surface area (Å²) in [6, 6.07) is 3.90. The molecule has 3 nitrogen and oxygen atoms in total. The van der Waals surface area contributed by atoms with Crippen molar-refractivity contribution < 1.29 is 35.1 Å². The van der Waals surface area contributed by atoms with E-state index in [2.05, 4.69) is 0 Å². The Morgan fingerprint density at radius 2 is 0.886 bits per heavy atom. The van der Waals surface area contributed by atoms with E-state index in [0.717, 1.165) is 6.07 Å². The Morgan fingerprint density at radius 1 is 0.600 bits per heavy atom. The zero-order valence-corrected chi connectivity index (χ0v) is 18.0. The zero-order valence-electron chi connectivity index (χ0n) is 18.0. The third-order valence-corrected chi connectivity index (χ3v) is 5.18. The summed E-state index contributed by atoms with van der Waals surface area (Å²) in [5, 5.41) is 26.9. The normalized spacial score (nSPS) is 12.7. The molecule has 0 saturated carbocycles. The van der Waals surface area contributed by atoms with Gasteiger partial charge in [0.1, 0.15) is 5.92 Å². The van der Waals surface area contributed by atoms with Crippen LogP contribution in [0.15, 0.2) is 12.2 Å². The molecule has 0 aromatic heterocycles. The highest BCUT2D eigenvalue weighted by molar-refractivity contribution is 5.70. The lowest BCUT2D eigenvalue weighted by Crippen LogP contribution is -2.17. The van der Waals surface area contributed by atoms with E-state index in [1.165, 1.54) is 26.0 Å². The maximum absolute atomic E-state index is 14.9. The minimum Gasteiger partial charge on any atom is -0.203 e. The zero-order chi connectivity index (χ0) is 26.6. The maximum Gasteiger partial charge on any atom is 0.169 e. The Balaban J connectivity index is 2.97. The smallest absolute Gasteiger partial charge is 0.169 e. The topological polar surface area (TPSA) is 71.4 Å². The summed E-state index contributed by atoms with van der Waals surface area (Å²) in [7, 11) is 0. The van der Waals surface area contributed by atoms with Gasteiger partial charge in [0, 0.05) is 12.2 Å². The molecule has 2 aromatic carbocycles. The van der Waals surface area contributed by atoms with E-state index in [1.54, 1.807) is 0 Å². The molecule has 0 aliphatic heterocycles. The van der Waals surface area contributed by atoms with E-state index < -0.39 is 85.9 Å². The second-order valence-electron chi connectivity index (χ2n) is 6.96. The molecule has 0 heterocycles. The summed E-state index contributed by atoms with van der Waals surface area (Å²) in [4.78, 5) is 0. The van der Waals surface area contributed by atoms with Gasteiger partial charge in [0.15, 0.2) is 46.5 Å². The Hall–Kier alpha value is -4.17. The molecule has 0 spiro atoms. The van der Waals surface area contributed by atoms with Crippen LogP contribution in [0.25, 0.3) is 11.1 Å². The first-order chi connectivity index (χ1) is 16.5. The molecular formula is C24H13F8N3. The molecule has 0 amide bonds. The molecule has 0 aliphatic carbocycles. The molecule has 0 unspecified atom stereocenters. The predicted octanol–water partition coefficient (Wildman–Crippen LogP) is 7.09. The average molecular weight is 495 g/mol. The molecule has 0 N–H and O–H groups in total. The number of rotatable bonds is 6.